The first kappa shape index (κ1) is 9.74. The minimum Gasteiger partial charge on any atom is -0.293 e. The van der Waals surface area contributed by atoms with Crippen LogP contribution in [0.15, 0.2) is 18.2 Å². The summed E-state index contributed by atoms with van der Waals surface area (Å²) in [7, 11) is 2.96. The first-order valence-corrected chi connectivity index (χ1v) is 3.85. The molecule has 0 amide bonds. The van der Waals surface area contributed by atoms with Gasteiger partial charge >= 0.3 is 5.97 Å². The van der Waals surface area contributed by atoms with Gasteiger partial charge in [0, 0.05) is 0 Å². The van der Waals surface area contributed by atoms with Crippen molar-refractivity contribution in [3.8, 4) is 0 Å². The lowest BCUT2D eigenvalue weighted by atomic mass is 10.1. The summed E-state index contributed by atoms with van der Waals surface area (Å²) >= 11 is 0. The zero-order valence-electron chi connectivity index (χ0n) is 7.66. The van der Waals surface area contributed by atoms with E-state index in [2.05, 4.69) is 16.9 Å². The summed E-state index contributed by atoms with van der Waals surface area (Å²) in [5.41, 5.74) is 2.46. The Bertz CT molecular complexity index is 318. The fourth-order valence-electron chi connectivity index (χ4n) is 1.14. The summed E-state index contributed by atoms with van der Waals surface area (Å²) in [4.78, 5) is 19.5. The van der Waals surface area contributed by atoms with Crippen LogP contribution in [0.4, 0.5) is 0 Å². The minimum atomic E-state index is -0.521. The topological polar surface area (TPSA) is 35.5 Å². The zero-order valence-corrected chi connectivity index (χ0v) is 7.66. The van der Waals surface area contributed by atoms with Crippen LogP contribution < -0.4 is 0 Å². The molecule has 1 radical (unpaired) electrons. The van der Waals surface area contributed by atoms with Gasteiger partial charge in [0.05, 0.1) is 5.56 Å². The summed E-state index contributed by atoms with van der Waals surface area (Å²) in [5, 5.41) is 0. The van der Waals surface area contributed by atoms with Crippen LogP contribution in [0.5, 0.6) is 0 Å². The van der Waals surface area contributed by atoms with Crippen molar-refractivity contribution in [2.24, 2.45) is 0 Å². The Morgan fingerprint density at radius 2 is 2.08 bits per heavy atom. The third-order valence-electron chi connectivity index (χ3n) is 1.74. The van der Waals surface area contributed by atoms with Crippen LogP contribution in [0.2, 0.25) is 0 Å². The number of rotatable bonds is 2. The average Bonchev–Trinajstić information content (AvgIpc) is 2.04. The fraction of sp³-hybridized carbons (Fsp3) is 0.200. The van der Waals surface area contributed by atoms with Crippen molar-refractivity contribution >= 4 is 5.97 Å². The van der Waals surface area contributed by atoms with Crippen molar-refractivity contribution in [2.75, 3.05) is 0 Å². The Labute approximate surface area is 77.2 Å². The highest BCUT2D eigenvalue weighted by atomic mass is 17.2. The molecule has 1 rings (SSSR count). The molecule has 1 aromatic carbocycles. The summed E-state index contributed by atoms with van der Waals surface area (Å²) < 4.78 is 0. The summed E-state index contributed by atoms with van der Waals surface area (Å²) in [6.45, 7) is 3.80. The van der Waals surface area contributed by atoms with E-state index >= 15 is 0 Å². The maximum absolute atomic E-state index is 11.2. The van der Waals surface area contributed by atoms with E-state index in [9.17, 15) is 4.79 Å². The van der Waals surface area contributed by atoms with E-state index in [-0.39, 0.29) is 0 Å². The molecule has 0 aliphatic carbocycles. The Morgan fingerprint density at radius 3 is 2.62 bits per heavy atom. The molecule has 0 bridgehead atoms. The van der Waals surface area contributed by atoms with Crippen molar-refractivity contribution in [3.63, 3.8) is 0 Å². The zero-order chi connectivity index (χ0) is 9.84. The first-order chi connectivity index (χ1) is 6.15. The summed E-state index contributed by atoms with van der Waals surface area (Å²) in [6, 6.07) is 5.44. The molecule has 69 valence electrons. The van der Waals surface area contributed by atoms with Crippen molar-refractivity contribution in [2.45, 2.75) is 13.8 Å². The quantitative estimate of drug-likeness (QED) is 0.515. The molecule has 3 nitrogen and oxygen atoms in total. The van der Waals surface area contributed by atoms with E-state index in [4.69, 9.17) is 0 Å². The minimum absolute atomic E-state index is 0.495. The highest BCUT2D eigenvalue weighted by Crippen LogP contribution is 2.11. The Kier molecular flexibility index (Phi) is 3.03. The molecule has 0 heterocycles. The standard InChI is InChI=1S/C10H11O3/c1-7-4-5-9(8(2)6-7)10(11)13-12-3/h4-6H,3H2,1-2H3. The van der Waals surface area contributed by atoms with Gasteiger partial charge in [0.25, 0.3) is 0 Å². The number of carbonyl (C=O) groups excluding carboxylic acids is 1. The number of benzene rings is 1. The van der Waals surface area contributed by atoms with Gasteiger partial charge in [-0.15, -0.1) is 0 Å². The van der Waals surface area contributed by atoms with Crippen molar-refractivity contribution < 1.29 is 14.6 Å². The third kappa shape index (κ3) is 2.29. The Hall–Kier alpha value is -1.35. The lowest BCUT2D eigenvalue weighted by molar-refractivity contribution is -0.195. The van der Waals surface area contributed by atoms with Gasteiger partial charge in [-0.2, -0.15) is 4.89 Å². The number of hydrogen-bond donors (Lipinski definition) is 0. The second kappa shape index (κ2) is 4.05. The monoisotopic (exact) mass is 179 g/mol. The first-order valence-electron chi connectivity index (χ1n) is 3.85. The molecule has 0 aromatic heterocycles. The van der Waals surface area contributed by atoms with Gasteiger partial charge in [-0.3, -0.25) is 4.89 Å². The van der Waals surface area contributed by atoms with Gasteiger partial charge < -0.3 is 0 Å². The van der Waals surface area contributed by atoms with Crippen LogP contribution in [0.1, 0.15) is 21.5 Å². The maximum Gasteiger partial charge on any atom is 0.373 e. The van der Waals surface area contributed by atoms with E-state index in [0.29, 0.717) is 5.56 Å². The molecule has 13 heavy (non-hydrogen) atoms. The van der Waals surface area contributed by atoms with Crippen LogP contribution in [0.3, 0.4) is 0 Å². The summed E-state index contributed by atoms with van der Waals surface area (Å²) in [6.07, 6.45) is 0. The van der Waals surface area contributed by atoms with E-state index in [1.54, 1.807) is 6.07 Å². The fourth-order valence-corrected chi connectivity index (χ4v) is 1.14. The van der Waals surface area contributed by atoms with Gasteiger partial charge in [0.15, 0.2) is 0 Å². The molecule has 0 fully saturated rings. The van der Waals surface area contributed by atoms with Gasteiger partial charge in [-0.25, -0.2) is 4.79 Å². The largest absolute Gasteiger partial charge is 0.373 e. The molecule has 0 N–H and O–H groups in total. The van der Waals surface area contributed by atoms with E-state index in [1.165, 1.54) is 0 Å². The van der Waals surface area contributed by atoms with Gasteiger partial charge in [-0.1, -0.05) is 17.7 Å². The van der Waals surface area contributed by atoms with E-state index in [0.717, 1.165) is 11.1 Å². The SMILES string of the molecule is [CH2]OOC(=O)c1ccc(C)cc1C. The number of aryl methyl sites for hydroxylation is 2. The smallest absolute Gasteiger partial charge is 0.293 e. The highest BCUT2D eigenvalue weighted by Gasteiger charge is 2.10. The van der Waals surface area contributed by atoms with Crippen molar-refractivity contribution in [1.82, 2.24) is 0 Å². The second-order valence-electron chi connectivity index (χ2n) is 2.81. The molecule has 3 heteroatoms. The molecule has 1 aromatic rings. The Morgan fingerprint density at radius 1 is 1.38 bits per heavy atom. The van der Waals surface area contributed by atoms with Crippen LogP contribution in [-0.4, -0.2) is 5.97 Å². The van der Waals surface area contributed by atoms with Crippen LogP contribution in [0, 0.1) is 21.0 Å². The van der Waals surface area contributed by atoms with Crippen LogP contribution in [0.25, 0.3) is 0 Å². The molecule has 0 atom stereocenters. The third-order valence-corrected chi connectivity index (χ3v) is 1.74. The Balaban J connectivity index is 2.95. The predicted octanol–water partition coefficient (Wildman–Crippen LogP) is 2.18. The maximum atomic E-state index is 11.2. The molecule has 0 aliphatic heterocycles. The summed E-state index contributed by atoms with van der Waals surface area (Å²) in [5.74, 6) is -0.521. The number of carbonyl (C=O) groups is 1. The molecule has 0 saturated carbocycles. The molecule has 0 unspecified atom stereocenters. The number of hydrogen-bond acceptors (Lipinski definition) is 3. The molecular weight excluding hydrogens is 168 g/mol. The molecule has 0 aliphatic rings. The van der Waals surface area contributed by atoms with Crippen LogP contribution >= 0.6 is 0 Å². The van der Waals surface area contributed by atoms with Crippen LogP contribution in [-0.2, 0) is 9.78 Å². The van der Waals surface area contributed by atoms with Gasteiger partial charge in [0.2, 0.25) is 0 Å². The predicted molar refractivity (Wildman–Crippen MR) is 47.8 cm³/mol. The van der Waals surface area contributed by atoms with Crippen molar-refractivity contribution in [1.29, 1.82) is 0 Å². The normalized spacial score (nSPS) is 9.77. The molecular formula is C10H11O3. The lowest BCUT2D eigenvalue weighted by Gasteiger charge is -2.03. The molecule has 0 spiro atoms. The highest BCUT2D eigenvalue weighted by molar-refractivity contribution is 5.90. The second-order valence-corrected chi connectivity index (χ2v) is 2.81. The van der Waals surface area contributed by atoms with Crippen molar-refractivity contribution in [3.05, 3.63) is 42.0 Å². The molecule has 0 saturated heterocycles. The van der Waals surface area contributed by atoms with E-state index < -0.39 is 5.97 Å². The van der Waals surface area contributed by atoms with Gasteiger partial charge in [0.1, 0.15) is 7.11 Å². The van der Waals surface area contributed by atoms with Gasteiger partial charge in [-0.05, 0) is 25.5 Å². The van der Waals surface area contributed by atoms with E-state index in [1.807, 2.05) is 26.0 Å². The lowest BCUT2D eigenvalue weighted by Crippen LogP contribution is -2.05. The average molecular weight is 179 g/mol.